The van der Waals surface area contributed by atoms with Crippen LogP contribution in [0.3, 0.4) is 0 Å². The summed E-state index contributed by atoms with van der Waals surface area (Å²) in [6.45, 7) is 9.60. The second-order valence-electron chi connectivity index (χ2n) is 6.16. The number of aryl methyl sites for hydroxylation is 2. The van der Waals surface area contributed by atoms with Gasteiger partial charge in [0.25, 0.3) is 0 Å². The first-order valence-corrected chi connectivity index (χ1v) is 8.08. The highest BCUT2D eigenvalue weighted by molar-refractivity contribution is 5.21. The van der Waals surface area contributed by atoms with Crippen molar-refractivity contribution in [2.24, 2.45) is 0 Å². The lowest BCUT2D eigenvalue weighted by Crippen LogP contribution is -2.43. The third-order valence-electron chi connectivity index (χ3n) is 4.80. The zero-order valence-electron chi connectivity index (χ0n) is 13.3. The average Bonchev–Trinajstić information content (AvgIpc) is 3.03. The van der Waals surface area contributed by atoms with Gasteiger partial charge in [-0.25, -0.2) is 0 Å². The fourth-order valence-electron chi connectivity index (χ4n) is 3.58. The topological polar surface area (TPSA) is 47.7 Å². The van der Waals surface area contributed by atoms with E-state index in [1.807, 2.05) is 20.8 Å². The third kappa shape index (κ3) is 3.15. The van der Waals surface area contributed by atoms with Crippen LogP contribution in [0.25, 0.3) is 0 Å². The quantitative estimate of drug-likeness (QED) is 0.835. The number of nitrogens with zero attached hydrogens (tertiary/aromatic N) is 2. The minimum absolute atomic E-state index is 0.283. The van der Waals surface area contributed by atoms with E-state index in [1.165, 1.54) is 12.0 Å². The maximum atomic E-state index is 6.22. The van der Waals surface area contributed by atoms with Gasteiger partial charge in [-0.3, -0.25) is 4.90 Å². The molecule has 0 N–H and O–H groups in total. The zero-order chi connectivity index (χ0) is 14.8. The Morgan fingerprint density at radius 2 is 2.14 bits per heavy atom. The standard InChI is InChI=1S/C16H26N2O3/c1-4-19-10-13-5-6-15-16(20-13)7-8-18(15)9-14-11(2)17-21-12(14)3/h13,15-16H,4-10H2,1-3H3/t13-,15-,16-/m0/s1. The highest BCUT2D eigenvalue weighted by Crippen LogP contribution is 2.33. The second-order valence-corrected chi connectivity index (χ2v) is 6.16. The van der Waals surface area contributed by atoms with Crippen LogP contribution in [-0.2, 0) is 16.0 Å². The van der Waals surface area contributed by atoms with Gasteiger partial charge in [-0.15, -0.1) is 0 Å². The third-order valence-corrected chi connectivity index (χ3v) is 4.80. The molecule has 0 aliphatic carbocycles. The van der Waals surface area contributed by atoms with Crippen LogP contribution < -0.4 is 0 Å². The molecule has 21 heavy (non-hydrogen) atoms. The summed E-state index contributed by atoms with van der Waals surface area (Å²) in [4.78, 5) is 2.54. The number of aromatic nitrogens is 1. The number of hydrogen-bond donors (Lipinski definition) is 0. The van der Waals surface area contributed by atoms with Crippen molar-refractivity contribution < 1.29 is 14.0 Å². The Labute approximate surface area is 126 Å². The molecule has 3 rings (SSSR count). The van der Waals surface area contributed by atoms with Crippen molar-refractivity contribution in [3.63, 3.8) is 0 Å². The maximum absolute atomic E-state index is 6.22. The fourth-order valence-corrected chi connectivity index (χ4v) is 3.58. The Balaban J connectivity index is 1.59. The van der Waals surface area contributed by atoms with Gasteiger partial charge in [-0.1, -0.05) is 5.16 Å². The molecule has 0 unspecified atom stereocenters. The Bertz CT molecular complexity index is 455. The Hall–Kier alpha value is -0.910. The van der Waals surface area contributed by atoms with Crippen molar-refractivity contribution in [3.8, 4) is 0 Å². The summed E-state index contributed by atoms with van der Waals surface area (Å²) in [6, 6.07) is 0.538. The van der Waals surface area contributed by atoms with Gasteiger partial charge in [-0.05, 0) is 40.0 Å². The van der Waals surface area contributed by atoms with Crippen LogP contribution in [-0.4, -0.2) is 48.1 Å². The molecule has 2 aliphatic heterocycles. The molecule has 2 saturated heterocycles. The molecule has 118 valence electrons. The minimum Gasteiger partial charge on any atom is -0.379 e. The molecule has 2 aliphatic rings. The Kier molecular flexibility index (Phi) is 4.62. The fraction of sp³-hybridized carbons (Fsp3) is 0.812. The monoisotopic (exact) mass is 294 g/mol. The average molecular weight is 294 g/mol. The van der Waals surface area contributed by atoms with Gasteiger partial charge in [0, 0.05) is 31.3 Å². The first-order valence-electron chi connectivity index (χ1n) is 8.08. The van der Waals surface area contributed by atoms with Crippen LogP contribution in [0.5, 0.6) is 0 Å². The summed E-state index contributed by atoms with van der Waals surface area (Å²) < 4.78 is 17.0. The smallest absolute Gasteiger partial charge is 0.138 e. The first-order chi connectivity index (χ1) is 10.2. The highest BCUT2D eigenvalue weighted by atomic mass is 16.5. The van der Waals surface area contributed by atoms with Crippen molar-refractivity contribution in [2.75, 3.05) is 19.8 Å². The molecule has 0 bridgehead atoms. The first kappa shape index (κ1) is 15.0. The van der Waals surface area contributed by atoms with Crippen molar-refractivity contribution >= 4 is 0 Å². The predicted octanol–water partition coefficient (Wildman–Crippen LogP) is 2.45. The van der Waals surface area contributed by atoms with Crippen molar-refractivity contribution in [1.29, 1.82) is 0 Å². The van der Waals surface area contributed by atoms with E-state index >= 15 is 0 Å². The minimum atomic E-state index is 0.283. The molecule has 5 heteroatoms. The van der Waals surface area contributed by atoms with E-state index in [-0.39, 0.29) is 6.10 Å². The molecule has 1 aromatic rings. The summed E-state index contributed by atoms with van der Waals surface area (Å²) in [6.07, 6.45) is 4.07. The van der Waals surface area contributed by atoms with Crippen LogP contribution in [0.1, 0.15) is 43.2 Å². The summed E-state index contributed by atoms with van der Waals surface area (Å²) in [5.74, 6) is 0.946. The lowest BCUT2D eigenvalue weighted by molar-refractivity contribution is -0.0986. The van der Waals surface area contributed by atoms with Gasteiger partial charge in [0.1, 0.15) is 5.76 Å². The molecule has 3 atom stereocenters. The zero-order valence-corrected chi connectivity index (χ0v) is 13.3. The van der Waals surface area contributed by atoms with Gasteiger partial charge in [0.05, 0.1) is 24.5 Å². The van der Waals surface area contributed by atoms with Gasteiger partial charge < -0.3 is 14.0 Å². The molecular formula is C16H26N2O3. The van der Waals surface area contributed by atoms with Gasteiger partial charge >= 0.3 is 0 Å². The molecular weight excluding hydrogens is 268 g/mol. The molecule has 0 spiro atoms. The number of likely N-dealkylation sites (tertiary alicyclic amines) is 1. The van der Waals surface area contributed by atoms with Crippen LogP contribution >= 0.6 is 0 Å². The molecule has 1 aromatic heterocycles. The molecule has 2 fully saturated rings. The van der Waals surface area contributed by atoms with Crippen molar-refractivity contribution in [3.05, 3.63) is 17.0 Å². The van der Waals surface area contributed by atoms with Gasteiger partial charge in [-0.2, -0.15) is 0 Å². The van der Waals surface area contributed by atoms with Crippen LogP contribution in [0.4, 0.5) is 0 Å². The molecule has 0 amide bonds. The van der Waals surface area contributed by atoms with Gasteiger partial charge in [0.15, 0.2) is 0 Å². The molecule has 0 saturated carbocycles. The summed E-state index contributed by atoms with van der Waals surface area (Å²) in [5.41, 5.74) is 2.26. The molecule has 5 nitrogen and oxygen atoms in total. The number of hydrogen-bond acceptors (Lipinski definition) is 5. The number of fused-ring (bicyclic) bond motifs is 1. The van der Waals surface area contributed by atoms with E-state index in [2.05, 4.69) is 10.1 Å². The Morgan fingerprint density at radius 3 is 2.86 bits per heavy atom. The lowest BCUT2D eigenvalue weighted by atomic mass is 9.99. The normalized spacial score (nSPS) is 29.8. The molecule has 3 heterocycles. The predicted molar refractivity (Wildman–Crippen MR) is 79.2 cm³/mol. The van der Waals surface area contributed by atoms with Crippen LogP contribution in [0.2, 0.25) is 0 Å². The number of rotatable bonds is 5. The van der Waals surface area contributed by atoms with Crippen LogP contribution in [0, 0.1) is 13.8 Å². The van der Waals surface area contributed by atoms with E-state index < -0.39 is 0 Å². The van der Waals surface area contributed by atoms with Gasteiger partial charge in [0.2, 0.25) is 0 Å². The maximum Gasteiger partial charge on any atom is 0.138 e. The Morgan fingerprint density at radius 1 is 1.29 bits per heavy atom. The molecule has 0 radical (unpaired) electrons. The second kappa shape index (κ2) is 6.46. The SMILES string of the molecule is CCOC[C@@H]1CC[C@H]2[C@H](CCN2Cc2c(C)noc2C)O1. The lowest BCUT2D eigenvalue weighted by Gasteiger charge is -2.36. The van der Waals surface area contributed by atoms with E-state index in [0.717, 1.165) is 50.6 Å². The summed E-state index contributed by atoms with van der Waals surface area (Å²) in [7, 11) is 0. The van der Waals surface area contributed by atoms with E-state index in [0.29, 0.717) is 12.1 Å². The van der Waals surface area contributed by atoms with Crippen LogP contribution in [0.15, 0.2) is 4.52 Å². The highest BCUT2D eigenvalue weighted by Gasteiger charge is 2.40. The van der Waals surface area contributed by atoms with E-state index in [1.54, 1.807) is 0 Å². The van der Waals surface area contributed by atoms with E-state index in [4.69, 9.17) is 14.0 Å². The summed E-state index contributed by atoms with van der Waals surface area (Å²) >= 11 is 0. The van der Waals surface area contributed by atoms with E-state index in [9.17, 15) is 0 Å². The largest absolute Gasteiger partial charge is 0.379 e. The van der Waals surface area contributed by atoms with Crippen molar-refractivity contribution in [2.45, 2.75) is 64.8 Å². The van der Waals surface area contributed by atoms with Crippen molar-refractivity contribution in [1.82, 2.24) is 10.1 Å². The number of ether oxygens (including phenoxy) is 2. The summed E-state index contributed by atoms with van der Waals surface area (Å²) in [5, 5.41) is 4.06. The molecule has 0 aromatic carbocycles.